The van der Waals surface area contributed by atoms with E-state index in [1.807, 2.05) is 18.5 Å². The minimum Gasteiger partial charge on any atom is -0.478 e. The number of aryl methyl sites for hydroxylation is 1. The molecule has 6 nitrogen and oxygen atoms in total. The monoisotopic (exact) mass is 316 g/mol. The summed E-state index contributed by atoms with van der Waals surface area (Å²) in [5.74, 6) is -1.21. The third-order valence-electron chi connectivity index (χ3n) is 3.69. The number of carbonyl (C=O) groups excluding carboxylic acids is 1. The number of hydrogen-bond donors (Lipinski definition) is 1. The van der Waals surface area contributed by atoms with Crippen LogP contribution in [0.3, 0.4) is 0 Å². The fourth-order valence-electron chi connectivity index (χ4n) is 2.43. The Morgan fingerprint density at radius 1 is 1.22 bits per heavy atom. The van der Waals surface area contributed by atoms with E-state index < -0.39 is 5.97 Å². The molecule has 0 radical (unpaired) electrons. The number of carboxylic acids is 1. The van der Waals surface area contributed by atoms with Crippen molar-refractivity contribution in [3.05, 3.63) is 52.3 Å². The molecule has 1 N–H and O–H groups in total. The molecule has 2 rings (SSSR count). The van der Waals surface area contributed by atoms with Crippen molar-refractivity contribution in [1.29, 1.82) is 0 Å². The van der Waals surface area contributed by atoms with Gasteiger partial charge in [0.2, 0.25) is 0 Å². The van der Waals surface area contributed by atoms with Crippen LogP contribution in [0, 0.1) is 13.8 Å². The highest BCUT2D eigenvalue weighted by molar-refractivity contribution is 5.87. The van der Waals surface area contributed by atoms with Crippen molar-refractivity contribution in [3.63, 3.8) is 0 Å². The molecule has 23 heavy (non-hydrogen) atoms. The second kappa shape index (κ2) is 7.09. The second-order valence-corrected chi connectivity index (χ2v) is 5.29. The summed E-state index contributed by atoms with van der Waals surface area (Å²) in [6.45, 7) is 6.45. The van der Waals surface area contributed by atoms with Crippen molar-refractivity contribution in [2.24, 2.45) is 0 Å². The number of carbonyl (C=O) groups is 2. The van der Waals surface area contributed by atoms with Crippen LogP contribution in [0.4, 0.5) is 0 Å². The van der Waals surface area contributed by atoms with E-state index in [2.05, 4.69) is 5.10 Å². The molecule has 0 aliphatic rings. The smallest absolute Gasteiger partial charge is 0.335 e. The van der Waals surface area contributed by atoms with Crippen molar-refractivity contribution in [2.45, 2.75) is 33.7 Å². The number of hydrogen-bond acceptors (Lipinski definition) is 4. The van der Waals surface area contributed by atoms with Crippen molar-refractivity contribution in [1.82, 2.24) is 9.78 Å². The number of rotatable bonds is 6. The number of aromatic carboxylic acids is 1. The zero-order valence-electron chi connectivity index (χ0n) is 13.5. The Hall–Kier alpha value is -2.63. The second-order valence-electron chi connectivity index (χ2n) is 5.29. The minimum atomic E-state index is -0.945. The van der Waals surface area contributed by atoms with E-state index in [0.29, 0.717) is 13.2 Å². The molecule has 0 unspecified atom stereocenters. The number of esters is 1. The maximum absolute atomic E-state index is 11.7. The summed E-state index contributed by atoms with van der Waals surface area (Å²) < 4.78 is 6.81. The van der Waals surface area contributed by atoms with Crippen molar-refractivity contribution < 1.29 is 19.4 Å². The molecule has 6 heteroatoms. The quantitative estimate of drug-likeness (QED) is 0.827. The minimum absolute atomic E-state index is 0.212. The van der Waals surface area contributed by atoms with Gasteiger partial charge in [0.25, 0.3) is 0 Å². The first-order valence-electron chi connectivity index (χ1n) is 7.43. The van der Waals surface area contributed by atoms with Gasteiger partial charge in [0.15, 0.2) is 0 Å². The highest BCUT2D eigenvalue weighted by Gasteiger charge is 2.15. The molecule has 0 saturated carbocycles. The lowest BCUT2D eigenvalue weighted by Gasteiger charge is -2.06. The van der Waals surface area contributed by atoms with Crippen molar-refractivity contribution in [2.75, 3.05) is 6.61 Å². The third kappa shape index (κ3) is 3.97. The molecule has 0 aliphatic carbocycles. The Morgan fingerprint density at radius 2 is 1.87 bits per heavy atom. The topological polar surface area (TPSA) is 81.4 Å². The highest BCUT2D eigenvalue weighted by Crippen LogP contribution is 2.16. The summed E-state index contributed by atoms with van der Waals surface area (Å²) in [6, 6.07) is 6.68. The van der Waals surface area contributed by atoms with Crippen LogP contribution in [-0.2, 0) is 22.5 Å². The fraction of sp³-hybridized carbons (Fsp3) is 0.353. The predicted molar refractivity (Wildman–Crippen MR) is 84.5 cm³/mol. The molecule has 1 heterocycles. The van der Waals surface area contributed by atoms with E-state index in [-0.39, 0.29) is 18.0 Å². The van der Waals surface area contributed by atoms with Crippen LogP contribution in [-0.4, -0.2) is 33.4 Å². The van der Waals surface area contributed by atoms with Crippen LogP contribution in [0.25, 0.3) is 0 Å². The molecule has 0 bridgehead atoms. The SMILES string of the molecule is CCOC(=O)Cc1c(C)nn(Cc2ccc(C(=O)O)cc2)c1C. The Morgan fingerprint density at radius 3 is 2.43 bits per heavy atom. The summed E-state index contributed by atoms with van der Waals surface area (Å²) in [4.78, 5) is 22.5. The molecular formula is C17H20N2O4. The van der Waals surface area contributed by atoms with E-state index in [4.69, 9.17) is 9.84 Å². The summed E-state index contributed by atoms with van der Waals surface area (Å²) in [5, 5.41) is 13.4. The lowest BCUT2D eigenvalue weighted by Crippen LogP contribution is -2.09. The van der Waals surface area contributed by atoms with Gasteiger partial charge in [-0.1, -0.05) is 12.1 Å². The van der Waals surface area contributed by atoms with Crippen molar-refractivity contribution in [3.8, 4) is 0 Å². The number of carboxylic acid groups (broad SMARTS) is 1. The lowest BCUT2D eigenvalue weighted by atomic mass is 10.1. The number of aromatic nitrogens is 2. The van der Waals surface area contributed by atoms with Gasteiger partial charge in [-0.25, -0.2) is 4.79 Å². The first-order valence-corrected chi connectivity index (χ1v) is 7.43. The van der Waals surface area contributed by atoms with Gasteiger partial charge in [-0.05, 0) is 38.5 Å². The standard InChI is InChI=1S/C17H20N2O4/c1-4-23-16(20)9-15-11(2)18-19(12(15)3)10-13-5-7-14(8-6-13)17(21)22/h5-8H,4,9-10H2,1-3H3,(H,21,22). The molecule has 0 atom stereocenters. The average Bonchev–Trinajstić information content (AvgIpc) is 2.76. The molecule has 0 aliphatic heterocycles. The lowest BCUT2D eigenvalue weighted by molar-refractivity contribution is -0.142. The normalized spacial score (nSPS) is 10.6. The van der Waals surface area contributed by atoms with Gasteiger partial charge in [0.05, 0.1) is 30.8 Å². The molecule has 1 aromatic heterocycles. The summed E-state index contributed by atoms with van der Waals surface area (Å²) in [5.41, 5.74) is 3.80. The first-order chi connectivity index (χ1) is 10.9. The maximum atomic E-state index is 11.7. The van der Waals surface area contributed by atoms with Crippen LogP contribution in [0.1, 0.15) is 39.8 Å². The number of nitrogens with zero attached hydrogens (tertiary/aromatic N) is 2. The molecule has 0 spiro atoms. The Bertz CT molecular complexity index is 717. The van der Waals surface area contributed by atoms with Crippen molar-refractivity contribution >= 4 is 11.9 Å². The van der Waals surface area contributed by atoms with Gasteiger partial charge < -0.3 is 9.84 Å². The zero-order chi connectivity index (χ0) is 17.0. The number of benzene rings is 1. The Labute approximate surface area is 134 Å². The van der Waals surface area contributed by atoms with Gasteiger partial charge in [-0.2, -0.15) is 5.10 Å². The van der Waals surface area contributed by atoms with Gasteiger partial charge in [0, 0.05) is 11.3 Å². The highest BCUT2D eigenvalue weighted by atomic mass is 16.5. The van der Waals surface area contributed by atoms with Gasteiger partial charge in [-0.3, -0.25) is 9.48 Å². The molecule has 0 fully saturated rings. The van der Waals surface area contributed by atoms with Gasteiger partial charge >= 0.3 is 11.9 Å². The molecule has 0 amide bonds. The largest absolute Gasteiger partial charge is 0.478 e. The molecule has 0 saturated heterocycles. The van der Waals surface area contributed by atoms with E-state index in [9.17, 15) is 9.59 Å². The summed E-state index contributed by atoms with van der Waals surface area (Å²) in [7, 11) is 0. The molecular weight excluding hydrogens is 296 g/mol. The fourth-order valence-corrected chi connectivity index (χ4v) is 2.43. The van der Waals surface area contributed by atoms with E-state index in [1.165, 1.54) is 0 Å². The molecule has 122 valence electrons. The van der Waals surface area contributed by atoms with Crippen LogP contribution >= 0.6 is 0 Å². The van der Waals surface area contributed by atoms with E-state index in [0.717, 1.165) is 22.5 Å². The first kappa shape index (κ1) is 16.7. The van der Waals surface area contributed by atoms with E-state index in [1.54, 1.807) is 31.2 Å². The zero-order valence-corrected chi connectivity index (χ0v) is 13.5. The summed E-state index contributed by atoms with van der Waals surface area (Å²) >= 11 is 0. The predicted octanol–water partition coefficient (Wildman–Crippen LogP) is 2.35. The van der Waals surface area contributed by atoms with Gasteiger partial charge in [0.1, 0.15) is 0 Å². The van der Waals surface area contributed by atoms with Crippen LogP contribution in [0.15, 0.2) is 24.3 Å². The molecule has 2 aromatic rings. The average molecular weight is 316 g/mol. The summed E-state index contributed by atoms with van der Waals surface area (Å²) in [6.07, 6.45) is 0.212. The third-order valence-corrected chi connectivity index (χ3v) is 3.69. The maximum Gasteiger partial charge on any atom is 0.335 e. The van der Waals surface area contributed by atoms with E-state index >= 15 is 0 Å². The van der Waals surface area contributed by atoms with Crippen LogP contribution in [0.2, 0.25) is 0 Å². The Kier molecular flexibility index (Phi) is 5.16. The Balaban J connectivity index is 2.17. The van der Waals surface area contributed by atoms with Crippen LogP contribution < -0.4 is 0 Å². The number of ether oxygens (including phenoxy) is 1. The van der Waals surface area contributed by atoms with Crippen LogP contribution in [0.5, 0.6) is 0 Å². The molecule has 1 aromatic carbocycles. The van der Waals surface area contributed by atoms with Gasteiger partial charge in [-0.15, -0.1) is 0 Å².